The molecule has 0 unspecified atom stereocenters. The van der Waals surface area contributed by atoms with Crippen LogP contribution in [0.25, 0.3) is 0 Å². The minimum absolute atomic E-state index is 0.169. The van der Waals surface area contributed by atoms with Crippen LogP contribution in [0, 0.1) is 0 Å². The number of carbonyl (C=O) groups is 2. The number of carboxylic acid groups (broad SMARTS) is 1. The van der Waals surface area contributed by atoms with Crippen LogP contribution in [0.15, 0.2) is 0 Å². The van der Waals surface area contributed by atoms with E-state index in [1.54, 1.807) is 23.5 Å². The van der Waals surface area contributed by atoms with E-state index in [1.165, 1.54) is 0 Å². The first-order valence-electron chi connectivity index (χ1n) is 6.47. The molecule has 0 saturated carbocycles. The Balaban J connectivity index is 2.25. The van der Waals surface area contributed by atoms with Gasteiger partial charge in [0.15, 0.2) is 0 Å². The van der Waals surface area contributed by atoms with E-state index >= 15 is 0 Å². The molecule has 0 radical (unpaired) electrons. The lowest BCUT2D eigenvalue weighted by Gasteiger charge is -2.22. The Hall–Kier alpha value is -0.400. The maximum Gasteiger partial charge on any atom is 0.326 e. The van der Waals surface area contributed by atoms with Crippen molar-refractivity contribution in [2.75, 3.05) is 30.9 Å². The first kappa shape index (κ1) is 16.7. The third kappa shape index (κ3) is 7.08. The number of hydrogen-bond acceptors (Lipinski definition) is 5. The van der Waals surface area contributed by atoms with Gasteiger partial charge in [-0.15, -0.1) is 11.8 Å². The quantitative estimate of drug-likeness (QED) is 0.615. The number of carboxylic acids is 1. The third-order valence-corrected chi connectivity index (χ3v) is 5.00. The Morgan fingerprint density at radius 3 is 2.68 bits per heavy atom. The molecule has 0 aromatic heterocycles. The molecule has 1 aliphatic heterocycles. The van der Waals surface area contributed by atoms with Gasteiger partial charge >= 0.3 is 5.97 Å². The van der Waals surface area contributed by atoms with E-state index in [-0.39, 0.29) is 5.91 Å². The summed E-state index contributed by atoms with van der Waals surface area (Å²) < 4.78 is 0. The van der Waals surface area contributed by atoms with Gasteiger partial charge in [0.1, 0.15) is 6.04 Å². The van der Waals surface area contributed by atoms with Crippen molar-refractivity contribution >= 4 is 35.4 Å². The molecule has 7 heteroatoms. The van der Waals surface area contributed by atoms with Crippen LogP contribution in [-0.2, 0) is 9.59 Å². The molecule has 1 atom stereocenters. The number of amides is 1. The molecular weight excluding hydrogens is 284 g/mol. The third-order valence-electron chi connectivity index (χ3n) is 2.98. The van der Waals surface area contributed by atoms with Crippen molar-refractivity contribution in [1.82, 2.24) is 10.6 Å². The van der Waals surface area contributed by atoms with E-state index in [0.717, 1.165) is 31.7 Å². The predicted molar refractivity (Wildman–Crippen MR) is 80.9 cm³/mol. The summed E-state index contributed by atoms with van der Waals surface area (Å²) in [4.78, 5) is 22.8. The van der Waals surface area contributed by atoms with Gasteiger partial charge in [-0.25, -0.2) is 4.79 Å². The molecule has 1 aliphatic rings. The number of rotatable bonds is 8. The largest absolute Gasteiger partial charge is 0.480 e. The lowest BCUT2D eigenvalue weighted by molar-refractivity contribution is -0.141. The number of thioether (sulfide) groups is 2. The monoisotopic (exact) mass is 306 g/mol. The minimum Gasteiger partial charge on any atom is -0.480 e. The molecule has 1 rings (SSSR count). The normalized spacial score (nSPS) is 17.9. The highest BCUT2D eigenvalue weighted by Gasteiger charge is 2.20. The van der Waals surface area contributed by atoms with Gasteiger partial charge in [-0.05, 0) is 44.4 Å². The van der Waals surface area contributed by atoms with Gasteiger partial charge in [-0.2, -0.15) is 11.8 Å². The van der Waals surface area contributed by atoms with Crippen LogP contribution in [0.2, 0.25) is 0 Å². The molecule has 5 nitrogen and oxygen atoms in total. The Morgan fingerprint density at radius 2 is 2.11 bits per heavy atom. The average Bonchev–Trinajstić information content (AvgIpc) is 2.42. The van der Waals surface area contributed by atoms with Gasteiger partial charge < -0.3 is 15.7 Å². The Labute approximate surface area is 122 Å². The standard InChI is InChI=1S/C12H22N2O3S2/c1-18-7-4-10(12(16)17)14-11(15)8-19-9-2-5-13-6-3-9/h9-10,13H,2-8H2,1H3,(H,14,15)(H,16,17)/t10-/m1/s1. The zero-order valence-corrected chi connectivity index (χ0v) is 12.8. The zero-order valence-electron chi connectivity index (χ0n) is 11.2. The van der Waals surface area contributed by atoms with Crippen molar-refractivity contribution in [1.29, 1.82) is 0 Å². The number of carbonyl (C=O) groups excluding carboxylic acids is 1. The first-order chi connectivity index (χ1) is 9.13. The Bertz CT molecular complexity index is 297. The zero-order chi connectivity index (χ0) is 14.1. The number of piperidine rings is 1. The predicted octanol–water partition coefficient (Wildman–Crippen LogP) is 0.794. The maximum absolute atomic E-state index is 11.7. The van der Waals surface area contributed by atoms with E-state index in [1.807, 2.05) is 6.26 Å². The van der Waals surface area contributed by atoms with Crippen molar-refractivity contribution in [3.8, 4) is 0 Å². The second kappa shape index (κ2) is 9.50. The van der Waals surface area contributed by atoms with E-state index < -0.39 is 12.0 Å². The van der Waals surface area contributed by atoms with Crippen LogP contribution < -0.4 is 10.6 Å². The molecule has 3 N–H and O–H groups in total. The summed E-state index contributed by atoms with van der Waals surface area (Å²) in [6.45, 7) is 2.01. The Morgan fingerprint density at radius 1 is 1.42 bits per heavy atom. The van der Waals surface area contributed by atoms with Crippen LogP contribution in [0.1, 0.15) is 19.3 Å². The minimum atomic E-state index is -0.950. The van der Waals surface area contributed by atoms with E-state index in [0.29, 0.717) is 17.4 Å². The molecule has 1 saturated heterocycles. The molecule has 0 aliphatic carbocycles. The topological polar surface area (TPSA) is 78.4 Å². The summed E-state index contributed by atoms with van der Waals surface area (Å²) in [6, 6.07) is -0.756. The van der Waals surface area contributed by atoms with Crippen LogP contribution >= 0.6 is 23.5 Å². The van der Waals surface area contributed by atoms with Crippen molar-refractivity contribution in [3.63, 3.8) is 0 Å². The first-order valence-corrected chi connectivity index (χ1v) is 8.91. The van der Waals surface area contributed by atoms with Gasteiger partial charge in [0, 0.05) is 5.25 Å². The highest BCUT2D eigenvalue weighted by Crippen LogP contribution is 2.19. The molecule has 0 bridgehead atoms. The fourth-order valence-electron chi connectivity index (χ4n) is 1.88. The van der Waals surface area contributed by atoms with Crippen molar-refractivity contribution in [2.45, 2.75) is 30.6 Å². The maximum atomic E-state index is 11.7. The summed E-state index contributed by atoms with van der Waals surface area (Å²) in [7, 11) is 0. The van der Waals surface area contributed by atoms with Gasteiger partial charge in [0.25, 0.3) is 0 Å². The van der Waals surface area contributed by atoms with Gasteiger partial charge in [-0.3, -0.25) is 4.79 Å². The molecule has 1 fully saturated rings. The van der Waals surface area contributed by atoms with Crippen LogP contribution in [0.3, 0.4) is 0 Å². The molecule has 1 amide bonds. The van der Waals surface area contributed by atoms with Crippen molar-refractivity contribution < 1.29 is 14.7 Å². The lowest BCUT2D eigenvalue weighted by atomic mass is 10.2. The van der Waals surface area contributed by atoms with E-state index in [4.69, 9.17) is 5.11 Å². The summed E-state index contributed by atoms with van der Waals surface area (Å²) >= 11 is 3.22. The second-order valence-corrected chi connectivity index (χ2v) is 6.77. The molecule has 0 spiro atoms. The molecule has 19 heavy (non-hydrogen) atoms. The summed E-state index contributed by atoms with van der Waals surface area (Å²) in [5.74, 6) is -0.0295. The highest BCUT2D eigenvalue weighted by atomic mass is 32.2. The number of aliphatic carboxylic acids is 1. The number of hydrogen-bond donors (Lipinski definition) is 3. The molecule has 110 valence electrons. The fourth-order valence-corrected chi connectivity index (χ4v) is 3.40. The number of nitrogens with one attached hydrogen (secondary N) is 2. The molecule has 0 aromatic rings. The van der Waals surface area contributed by atoms with Crippen molar-refractivity contribution in [2.24, 2.45) is 0 Å². The van der Waals surface area contributed by atoms with Crippen LogP contribution in [0.4, 0.5) is 0 Å². The SMILES string of the molecule is CSCC[C@@H](NC(=O)CSC1CCNCC1)C(=O)O. The van der Waals surface area contributed by atoms with Gasteiger partial charge in [0.2, 0.25) is 5.91 Å². The Kier molecular flexibility index (Phi) is 8.32. The van der Waals surface area contributed by atoms with Gasteiger partial charge in [-0.1, -0.05) is 0 Å². The average molecular weight is 306 g/mol. The summed E-state index contributed by atoms with van der Waals surface area (Å²) in [5.41, 5.74) is 0. The van der Waals surface area contributed by atoms with E-state index in [2.05, 4.69) is 10.6 Å². The smallest absolute Gasteiger partial charge is 0.326 e. The summed E-state index contributed by atoms with van der Waals surface area (Å²) in [5, 5.41) is 15.4. The van der Waals surface area contributed by atoms with Crippen molar-refractivity contribution in [3.05, 3.63) is 0 Å². The lowest BCUT2D eigenvalue weighted by Crippen LogP contribution is -2.42. The highest BCUT2D eigenvalue weighted by molar-refractivity contribution is 8.00. The molecule has 1 heterocycles. The fraction of sp³-hybridized carbons (Fsp3) is 0.833. The molecule has 0 aromatic carbocycles. The molecular formula is C12H22N2O3S2. The van der Waals surface area contributed by atoms with E-state index in [9.17, 15) is 9.59 Å². The van der Waals surface area contributed by atoms with Crippen LogP contribution in [-0.4, -0.2) is 59.1 Å². The second-order valence-electron chi connectivity index (χ2n) is 4.50. The van der Waals surface area contributed by atoms with Crippen LogP contribution in [0.5, 0.6) is 0 Å². The summed E-state index contributed by atoms with van der Waals surface area (Å²) in [6.07, 6.45) is 4.55. The van der Waals surface area contributed by atoms with Gasteiger partial charge in [0.05, 0.1) is 5.75 Å².